The van der Waals surface area contributed by atoms with E-state index in [9.17, 15) is 13.2 Å². The van der Waals surface area contributed by atoms with Gasteiger partial charge < -0.3 is 5.73 Å². The Kier molecular flexibility index (Phi) is 6.31. The molecule has 0 atom stereocenters. The van der Waals surface area contributed by atoms with E-state index in [0.29, 0.717) is 22.1 Å². The Labute approximate surface area is 177 Å². The molecule has 2 aromatic heterocycles. The van der Waals surface area contributed by atoms with Crippen molar-refractivity contribution in [3.05, 3.63) is 64.7 Å². The van der Waals surface area contributed by atoms with E-state index in [1.54, 1.807) is 35.6 Å². The summed E-state index contributed by atoms with van der Waals surface area (Å²) in [5.74, 6) is 5.48. The standard InChI is InChI=1S/C18H19N7O3S2/c1-21-15(19)14-17(29-2)23-16(11-7-9-22-10-8-11)25(18(14)26)12-3-5-13(6-4-12)30(27,28)24-20/h3-10,24H,20H2,1-2H3,(H2,19,21). The summed E-state index contributed by atoms with van der Waals surface area (Å²) in [5.41, 5.74) is 6.76. The lowest BCUT2D eigenvalue weighted by molar-refractivity contribution is 0.584. The number of amidine groups is 1. The molecule has 0 bridgehead atoms. The number of aliphatic imine (C=N–C) groups is 1. The molecule has 0 radical (unpaired) electrons. The van der Waals surface area contributed by atoms with Crippen molar-refractivity contribution in [1.29, 1.82) is 0 Å². The molecule has 0 fully saturated rings. The van der Waals surface area contributed by atoms with Crippen molar-refractivity contribution < 1.29 is 8.42 Å². The quantitative estimate of drug-likeness (QED) is 0.124. The zero-order valence-corrected chi connectivity index (χ0v) is 17.7. The van der Waals surface area contributed by atoms with Gasteiger partial charge in [0.2, 0.25) is 0 Å². The van der Waals surface area contributed by atoms with Gasteiger partial charge in [-0.3, -0.25) is 25.2 Å². The molecule has 0 saturated carbocycles. The van der Waals surface area contributed by atoms with Gasteiger partial charge in [0, 0.05) is 25.0 Å². The lowest BCUT2D eigenvalue weighted by Gasteiger charge is -2.16. The van der Waals surface area contributed by atoms with Gasteiger partial charge in [-0.25, -0.2) is 13.4 Å². The first-order valence-electron chi connectivity index (χ1n) is 8.51. The van der Waals surface area contributed by atoms with Gasteiger partial charge in [-0.05, 0) is 42.7 Å². The Balaban J connectivity index is 2.35. The summed E-state index contributed by atoms with van der Waals surface area (Å²) in [6, 6.07) is 9.09. The van der Waals surface area contributed by atoms with Gasteiger partial charge in [-0.2, -0.15) is 4.83 Å². The van der Waals surface area contributed by atoms with Crippen molar-refractivity contribution in [1.82, 2.24) is 19.4 Å². The molecule has 3 aromatic rings. The van der Waals surface area contributed by atoms with Crippen LogP contribution in [0.4, 0.5) is 0 Å². The number of hydrazine groups is 1. The smallest absolute Gasteiger partial charge is 0.270 e. The van der Waals surface area contributed by atoms with E-state index in [-0.39, 0.29) is 16.3 Å². The van der Waals surface area contributed by atoms with Crippen LogP contribution in [0.25, 0.3) is 17.1 Å². The number of rotatable bonds is 6. The Bertz CT molecular complexity index is 1260. The van der Waals surface area contributed by atoms with Crippen LogP contribution < -0.4 is 22.0 Å². The van der Waals surface area contributed by atoms with Gasteiger partial charge >= 0.3 is 0 Å². The predicted molar refractivity (Wildman–Crippen MR) is 116 cm³/mol. The van der Waals surface area contributed by atoms with E-state index in [4.69, 9.17) is 11.6 Å². The van der Waals surface area contributed by atoms with Crippen molar-refractivity contribution in [2.24, 2.45) is 16.6 Å². The van der Waals surface area contributed by atoms with E-state index >= 15 is 0 Å². The third-order valence-electron chi connectivity index (χ3n) is 4.24. The maximum Gasteiger partial charge on any atom is 0.270 e. The van der Waals surface area contributed by atoms with Gasteiger partial charge in [0.25, 0.3) is 15.6 Å². The molecule has 10 nitrogen and oxygen atoms in total. The monoisotopic (exact) mass is 445 g/mol. The van der Waals surface area contributed by atoms with E-state index in [2.05, 4.69) is 15.0 Å². The normalized spacial score (nSPS) is 12.2. The van der Waals surface area contributed by atoms with Crippen molar-refractivity contribution in [2.45, 2.75) is 9.92 Å². The Morgan fingerprint density at radius 2 is 1.80 bits per heavy atom. The number of nitrogens with two attached hydrogens (primary N) is 2. The fraction of sp³-hybridized carbons (Fsp3) is 0.111. The van der Waals surface area contributed by atoms with Crippen LogP contribution in [0.15, 0.2) is 68.5 Å². The molecule has 0 amide bonds. The highest BCUT2D eigenvalue weighted by atomic mass is 32.2. The molecule has 0 unspecified atom stereocenters. The highest BCUT2D eigenvalue weighted by Gasteiger charge is 2.21. The van der Waals surface area contributed by atoms with Crippen LogP contribution >= 0.6 is 11.8 Å². The first-order valence-corrected chi connectivity index (χ1v) is 11.2. The Hall–Kier alpha value is -3.06. The Morgan fingerprint density at radius 3 is 2.33 bits per heavy atom. The average Bonchev–Trinajstić information content (AvgIpc) is 2.78. The molecule has 0 saturated heterocycles. The van der Waals surface area contributed by atoms with Crippen LogP contribution in [0.3, 0.4) is 0 Å². The molecule has 2 heterocycles. The van der Waals surface area contributed by atoms with Crippen LogP contribution in [0.5, 0.6) is 0 Å². The minimum atomic E-state index is -3.83. The molecule has 0 aliphatic rings. The summed E-state index contributed by atoms with van der Waals surface area (Å²) >= 11 is 1.27. The van der Waals surface area contributed by atoms with Crippen LogP contribution in [0.2, 0.25) is 0 Å². The first kappa shape index (κ1) is 21.6. The lowest BCUT2D eigenvalue weighted by atomic mass is 10.2. The number of nitrogens with one attached hydrogen (secondary N) is 1. The number of nitrogens with zero attached hydrogens (tertiary/aromatic N) is 4. The molecule has 5 N–H and O–H groups in total. The first-order chi connectivity index (χ1) is 14.3. The second kappa shape index (κ2) is 8.75. The molecule has 0 aliphatic heterocycles. The van der Waals surface area contributed by atoms with Crippen molar-refractivity contribution in [3.63, 3.8) is 0 Å². The second-order valence-electron chi connectivity index (χ2n) is 5.92. The molecule has 1 aromatic carbocycles. The number of hydrogen-bond acceptors (Lipinski definition) is 8. The maximum absolute atomic E-state index is 13.5. The average molecular weight is 446 g/mol. The third kappa shape index (κ3) is 3.98. The summed E-state index contributed by atoms with van der Waals surface area (Å²) in [6.07, 6.45) is 4.96. The van der Waals surface area contributed by atoms with Crippen molar-refractivity contribution in [2.75, 3.05) is 13.3 Å². The summed E-state index contributed by atoms with van der Waals surface area (Å²) in [5, 5.41) is 0.428. The van der Waals surface area contributed by atoms with Crippen LogP contribution in [-0.2, 0) is 10.0 Å². The summed E-state index contributed by atoms with van der Waals surface area (Å²) in [7, 11) is -2.35. The fourth-order valence-corrected chi connectivity index (χ4v) is 3.96. The molecule has 12 heteroatoms. The third-order valence-corrected chi connectivity index (χ3v) is 6.12. The molecule has 30 heavy (non-hydrogen) atoms. The van der Waals surface area contributed by atoms with Crippen molar-refractivity contribution >= 4 is 27.6 Å². The van der Waals surface area contributed by atoms with E-state index in [1.807, 2.05) is 0 Å². The number of hydrogen-bond donors (Lipinski definition) is 3. The number of aromatic nitrogens is 3. The zero-order valence-electron chi connectivity index (χ0n) is 16.1. The van der Waals surface area contributed by atoms with Crippen molar-refractivity contribution in [3.8, 4) is 17.1 Å². The molecule has 3 rings (SSSR count). The fourth-order valence-electron chi connectivity index (χ4n) is 2.76. The Morgan fingerprint density at radius 1 is 1.17 bits per heavy atom. The maximum atomic E-state index is 13.5. The number of benzene rings is 1. The molecule has 0 aliphatic carbocycles. The van der Waals surface area contributed by atoms with E-state index in [1.165, 1.54) is 47.6 Å². The SMILES string of the molecule is CN=C(N)c1c(SC)nc(-c2ccncc2)n(-c2ccc(S(=O)(=O)NN)cc2)c1=O. The van der Waals surface area contributed by atoms with Crippen LogP contribution in [-0.4, -0.2) is 42.1 Å². The molecule has 156 valence electrons. The minimum Gasteiger partial charge on any atom is -0.383 e. The largest absolute Gasteiger partial charge is 0.383 e. The van der Waals surface area contributed by atoms with Gasteiger partial charge in [0.05, 0.1) is 10.6 Å². The van der Waals surface area contributed by atoms with Gasteiger partial charge in [-0.1, -0.05) is 0 Å². The summed E-state index contributed by atoms with van der Waals surface area (Å²) in [6.45, 7) is 0. The predicted octanol–water partition coefficient (Wildman–Crippen LogP) is 0.504. The highest BCUT2D eigenvalue weighted by Crippen LogP contribution is 2.24. The second-order valence-corrected chi connectivity index (χ2v) is 8.43. The van der Waals surface area contributed by atoms with Gasteiger partial charge in [0.15, 0.2) is 0 Å². The van der Waals surface area contributed by atoms with Gasteiger partial charge in [0.1, 0.15) is 22.2 Å². The summed E-state index contributed by atoms with van der Waals surface area (Å²) in [4.78, 5) is 27.8. The van der Waals surface area contributed by atoms with E-state index in [0.717, 1.165) is 0 Å². The molecular weight excluding hydrogens is 426 g/mol. The molecule has 0 spiro atoms. The van der Waals surface area contributed by atoms with E-state index < -0.39 is 15.6 Å². The number of pyridine rings is 1. The summed E-state index contributed by atoms with van der Waals surface area (Å²) < 4.78 is 25.2. The lowest BCUT2D eigenvalue weighted by Crippen LogP contribution is -2.32. The topological polar surface area (TPSA) is 158 Å². The number of thioether (sulfide) groups is 1. The van der Waals surface area contributed by atoms with Crippen LogP contribution in [0, 0.1) is 0 Å². The molecular formula is C18H19N7O3S2. The van der Waals surface area contributed by atoms with Crippen LogP contribution in [0.1, 0.15) is 5.56 Å². The highest BCUT2D eigenvalue weighted by molar-refractivity contribution is 7.98. The zero-order chi connectivity index (χ0) is 21.9. The van der Waals surface area contributed by atoms with Gasteiger partial charge in [-0.15, -0.1) is 11.8 Å². The minimum absolute atomic E-state index is 0.0455. The number of sulfonamides is 1.